The number of carbonyl (C=O) groups excluding carboxylic acids is 1. The summed E-state index contributed by atoms with van der Waals surface area (Å²) in [4.78, 5) is 28.0. The lowest BCUT2D eigenvalue weighted by atomic mass is 9.89. The monoisotopic (exact) mass is 332 g/mol. The van der Waals surface area contributed by atoms with Crippen molar-refractivity contribution in [3.05, 3.63) is 23.5 Å². The Hall–Kier alpha value is -2.44. The van der Waals surface area contributed by atoms with Crippen LogP contribution in [0.15, 0.2) is 12.3 Å². The van der Waals surface area contributed by atoms with Gasteiger partial charge in [0.15, 0.2) is 5.65 Å². The van der Waals surface area contributed by atoms with Crippen molar-refractivity contribution in [2.75, 3.05) is 6.54 Å². The van der Waals surface area contributed by atoms with E-state index in [1.165, 1.54) is 0 Å². The minimum Gasteiger partial charge on any atom is -0.481 e. The van der Waals surface area contributed by atoms with Crippen LogP contribution in [0.1, 0.15) is 56.2 Å². The number of rotatable bonds is 6. The molecular formula is C17H24N4O3. The number of aliphatic carboxylic acids is 1. The number of hydrogen-bond donors (Lipinski definition) is 2. The molecule has 0 aromatic carbocycles. The second kappa shape index (κ2) is 6.59. The van der Waals surface area contributed by atoms with E-state index in [1.54, 1.807) is 33.0 Å². The summed E-state index contributed by atoms with van der Waals surface area (Å²) in [5.41, 5.74) is 0.994. The largest absolute Gasteiger partial charge is 0.481 e. The van der Waals surface area contributed by atoms with Crippen molar-refractivity contribution in [1.82, 2.24) is 20.1 Å². The maximum Gasteiger partial charge on any atom is 0.309 e. The van der Waals surface area contributed by atoms with E-state index in [-0.39, 0.29) is 11.9 Å². The number of nitrogens with one attached hydrogen (secondary N) is 1. The summed E-state index contributed by atoms with van der Waals surface area (Å²) in [7, 11) is 0. The van der Waals surface area contributed by atoms with Crippen molar-refractivity contribution in [2.24, 2.45) is 5.41 Å². The number of carbonyl (C=O) groups is 2. The molecule has 0 aliphatic rings. The summed E-state index contributed by atoms with van der Waals surface area (Å²) in [5, 5.41) is 17.0. The van der Waals surface area contributed by atoms with Crippen molar-refractivity contribution < 1.29 is 14.7 Å². The first-order valence-electron chi connectivity index (χ1n) is 8.00. The Morgan fingerprint density at radius 1 is 1.38 bits per heavy atom. The number of fused-ring (bicyclic) bond motifs is 1. The van der Waals surface area contributed by atoms with E-state index >= 15 is 0 Å². The first-order valence-corrected chi connectivity index (χ1v) is 8.00. The normalized spacial score (nSPS) is 11.9. The van der Waals surface area contributed by atoms with Gasteiger partial charge in [-0.3, -0.25) is 9.59 Å². The molecule has 24 heavy (non-hydrogen) atoms. The van der Waals surface area contributed by atoms with Gasteiger partial charge in [0.25, 0.3) is 5.91 Å². The summed E-state index contributed by atoms with van der Waals surface area (Å²) in [6.07, 6.45) is 2.06. The topological polar surface area (TPSA) is 97.1 Å². The standard InChI is InChI=1S/C17H24N4O3/c1-10(2)21-14-12(9-19-21)8-13(11(3)20-14)15(22)18-7-6-17(4,5)16(23)24/h8-10H,6-7H2,1-5H3,(H,18,22)(H,23,24). The number of nitrogens with zero attached hydrogens (tertiary/aromatic N) is 3. The molecule has 2 heterocycles. The molecule has 130 valence electrons. The number of hydrogen-bond acceptors (Lipinski definition) is 4. The number of aromatic nitrogens is 3. The third kappa shape index (κ3) is 3.55. The molecular weight excluding hydrogens is 308 g/mol. The smallest absolute Gasteiger partial charge is 0.309 e. The average molecular weight is 332 g/mol. The molecule has 2 aromatic heterocycles. The van der Waals surface area contributed by atoms with Crippen LogP contribution in [-0.2, 0) is 4.79 Å². The molecule has 0 aliphatic carbocycles. The summed E-state index contributed by atoms with van der Waals surface area (Å²) in [6.45, 7) is 9.40. The SMILES string of the molecule is Cc1nc2c(cnn2C(C)C)cc1C(=O)NCCC(C)(C)C(=O)O. The van der Waals surface area contributed by atoms with Crippen LogP contribution < -0.4 is 5.32 Å². The molecule has 0 bridgehead atoms. The third-order valence-electron chi connectivity index (χ3n) is 4.11. The van der Waals surface area contributed by atoms with Gasteiger partial charge in [0.05, 0.1) is 22.9 Å². The Labute approximate surface area is 141 Å². The van der Waals surface area contributed by atoms with E-state index in [0.29, 0.717) is 24.2 Å². The minimum atomic E-state index is -0.878. The Kier molecular flexibility index (Phi) is 4.91. The average Bonchev–Trinajstić information content (AvgIpc) is 2.88. The van der Waals surface area contributed by atoms with Crippen LogP contribution in [0.3, 0.4) is 0 Å². The summed E-state index contributed by atoms with van der Waals surface area (Å²) >= 11 is 0. The lowest BCUT2D eigenvalue weighted by Crippen LogP contribution is -2.32. The maximum absolute atomic E-state index is 12.4. The first kappa shape index (κ1) is 17.9. The molecule has 2 N–H and O–H groups in total. The van der Waals surface area contributed by atoms with Gasteiger partial charge in [-0.15, -0.1) is 0 Å². The van der Waals surface area contributed by atoms with E-state index in [1.807, 2.05) is 18.5 Å². The summed E-state index contributed by atoms with van der Waals surface area (Å²) in [5.74, 6) is -1.13. The van der Waals surface area contributed by atoms with Crippen molar-refractivity contribution in [3.8, 4) is 0 Å². The second-order valence-electron chi connectivity index (χ2n) is 6.91. The molecule has 0 aliphatic heterocycles. The highest BCUT2D eigenvalue weighted by Crippen LogP contribution is 2.21. The Balaban J connectivity index is 2.15. The fourth-order valence-electron chi connectivity index (χ4n) is 2.36. The van der Waals surface area contributed by atoms with Crippen LogP contribution in [0.4, 0.5) is 0 Å². The summed E-state index contributed by atoms with van der Waals surface area (Å²) in [6, 6.07) is 1.97. The molecule has 0 saturated carbocycles. The molecule has 2 aromatic rings. The van der Waals surface area contributed by atoms with Crippen molar-refractivity contribution in [1.29, 1.82) is 0 Å². The Morgan fingerprint density at radius 2 is 2.04 bits per heavy atom. The van der Waals surface area contributed by atoms with Gasteiger partial charge >= 0.3 is 5.97 Å². The molecule has 7 heteroatoms. The van der Waals surface area contributed by atoms with Crippen LogP contribution in [0, 0.1) is 12.3 Å². The van der Waals surface area contributed by atoms with Gasteiger partial charge < -0.3 is 10.4 Å². The minimum absolute atomic E-state index is 0.187. The third-order valence-corrected chi connectivity index (χ3v) is 4.11. The molecule has 2 rings (SSSR count). The zero-order chi connectivity index (χ0) is 18.1. The van der Waals surface area contributed by atoms with Gasteiger partial charge in [0, 0.05) is 18.0 Å². The van der Waals surface area contributed by atoms with Crippen molar-refractivity contribution in [2.45, 2.75) is 47.1 Å². The van der Waals surface area contributed by atoms with Crippen LogP contribution in [0.25, 0.3) is 11.0 Å². The van der Waals surface area contributed by atoms with E-state index < -0.39 is 11.4 Å². The molecule has 0 fully saturated rings. The zero-order valence-electron chi connectivity index (χ0n) is 14.8. The first-order chi connectivity index (χ1) is 11.1. The zero-order valence-corrected chi connectivity index (χ0v) is 14.8. The molecule has 1 amide bonds. The summed E-state index contributed by atoms with van der Waals surface area (Å²) < 4.78 is 1.82. The molecule has 0 radical (unpaired) electrons. The number of amides is 1. The van der Waals surface area contributed by atoms with Gasteiger partial charge in [-0.25, -0.2) is 9.67 Å². The van der Waals surface area contributed by atoms with Crippen LogP contribution in [0.2, 0.25) is 0 Å². The highest BCUT2D eigenvalue weighted by Gasteiger charge is 2.26. The van der Waals surface area contributed by atoms with Crippen molar-refractivity contribution in [3.63, 3.8) is 0 Å². The van der Waals surface area contributed by atoms with E-state index in [2.05, 4.69) is 15.4 Å². The van der Waals surface area contributed by atoms with Gasteiger partial charge in [0.2, 0.25) is 0 Å². The van der Waals surface area contributed by atoms with Crippen LogP contribution in [-0.4, -0.2) is 38.3 Å². The predicted molar refractivity (Wildman–Crippen MR) is 91.0 cm³/mol. The number of carboxylic acids is 1. The van der Waals surface area contributed by atoms with Gasteiger partial charge in [-0.05, 0) is 47.1 Å². The number of carboxylic acid groups (broad SMARTS) is 1. The lowest BCUT2D eigenvalue weighted by Gasteiger charge is -2.19. The van der Waals surface area contributed by atoms with Crippen LogP contribution >= 0.6 is 0 Å². The van der Waals surface area contributed by atoms with E-state index in [0.717, 1.165) is 11.0 Å². The number of pyridine rings is 1. The second-order valence-corrected chi connectivity index (χ2v) is 6.91. The molecule has 0 atom stereocenters. The highest BCUT2D eigenvalue weighted by atomic mass is 16.4. The maximum atomic E-state index is 12.4. The fourth-order valence-corrected chi connectivity index (χ4v) is 2.36. The van der Waals surface area contributed by atoms with E-state index in [9.17, 15) is 9.59 Å². The fraction of sp³-hybridized carbons (Fsp3) is 0.529. The quantitative estimate of drug-likeness (QED) is 0.847. The molecule has 0 saturated heterocycles. The van der Waals surface area contributed by atoms with Gasteiger partial charge in [0.1, 0.15) is 0 Å². The number of aryl methyl sites for hydroxylation is 1. The predicted octanol–water partition coefficient (Wildman–Crippen LogP) is 2.55. The van der Waals surface area contributed by atoms with Crippen LogP contribution in [0.5, 0.6) is 0 Å². The lowest BCUT2D eigenvalue weighted by molar-refractivity contribution is -0.147. The van der Waals surface area contributed by atoms with Gasteiger partial charge in [-0.2, -0.15) is 5.10 Å². The van der Waals surface area contributed by atoms with Crippen molar-refractivity contribution >= 4 is 22.9 Å². The Bertz CT molecular complexity index is 777. The Morgan fingerprint density at radius 3 is 2.62 bits per heavy atom. The molecule has 0 spiro atoms. The highest BCUT2D eigenvalue weighted by molar-refractivity contribution is 5.98. The van der Waals surface area contributed by atoms with Gasteiger partial charge in [-0.1, -0.05) is 0 Å². The van der Waals surface area contributed by atoms with E-state index in [4.69, 9.17) is 5.11 Å². The molecule has 7 nitrogen and oxygen atoms in total. The molecule has 0 unspecified atom stereocenters.